The van der Waals surface area contributed by atoms with Crippen LogP contribution in [0.2, 0.25) is 0 Å². The molecule has 3 N–H and O–H groups in total. The zero-order chi connectivity index (χ0) is 14.9. The van der Waals surface area contributed by atoms with Crippen molar-refractivity contribution in [3.8, 4) is 0 Å². The number of sulfone groups is 1. The molecular formula is C13H18N4O2S. The number of anilines is 3. The number of benzene rings is 1. The van der Waals surface area contributed by atoms with Crippen molar-refractivity contribution in [2.24, 2.45) is 7.05 Å². The topological polar surface area (TPSA) is 90.0 Å². The Hall–Kier alpha value is -2.02. The molecule has 0 unspecified atom stereocenters. The molecule has 7 heteroatoms. The maximum atomic E-state index is 11.7. The van der Waals surface area contributed by atoms with Crippen molar-refractivity contribution in [3.63, 3.8) is 0 Å². The molecule has 2 aromatic rings. The van der Waals surface area contributed by atoms with Crippen LogP contribution in [0.25, 0.3) is 0 Å². The number of rotatable bonds is 4. The molecule has 0 atom stereocenters. The molecule has 108 valence electrons. The van der Waals surface area contributed by atoms with Gasteiger partial charge in [0.1, 0.15) is 0 Å². The van der Waals surface area contributed by atoms with Crippen LogP contribution >= 0.6 is 0 Å². The fraction of sp³-hybridized carbons (Fsp3) is 0.308. The summed E-state index contributed by atoms with van der Waals surface area (Å²) in [6.07, 6.45) is 3.75. The minimum absolute atomic E-state index is 0.129. The summed E-state index contributed by atoms with van der Waals surface area (Å²) in [6.45, 7) is 2.00. The summed E-state index contributed by atoms with van der Waals surface area (Å²) in [7, 11) is -1.51. The number of para-hydroxylation sites is 1. The van der Waals surface area contributed by atoms with Gasteiger partial charge in [-0.05, 0) is 18.6 Å². The molecule has 20 heavy (non-hydrogen) atoms. The van der Waals surface area contributed by atoms with E-state index in [0.29, 0.717) is 5.69 Å². The molecule has 1 aromatic heterocycles. The van der Waals surface area contributed by atoms with Crippen molar-refractivity contribution in [2.75, 3.05) is 17.3 Å². The lowest BCUT2D eigenvalue weighted by Gasteiger charge is -2.11. The monoisotopic (exact) mass is 294 g/mol. The number of nitrogens with one attached hydrogen (secondary N) is 1. The Morgan fingerprint density at radius 3 is 2.65 bits per heavy atom. The first-order valence-corrected chi connectivity index (χ1v) is 8.10. The largest absolute Gasteiger partial charge is 0.396 e. The quantitative estimate of drug-likeness (QED) is 0.838. The van der Waals surface area contributed by atoms with Crippen LogP contribution in [0.3, 0.4) is 0 Å². The lowest BCUT2D eigenvalue weighted by Crippen LogP contribution is -2.05. The third-order valence-corrected chi connectivity index (χ3v) is 4.13. The molecule has 0 amide bonds. The molecular weight excluding hydrogens is 276 g/mol. The van der Waals surface area contributed by atoms with Crippen molar-refractivity contribution < 1.29 is 8.42 Å². The van der Waals surface area contributed by atoms with E-state index < -0.39 is 9.84 Å². The van der Waals surface area contributed by atoms with Crippen molar-refractivity contribution >= 4 is 26.9 Å². The Kier molecular flexibility index (Phi) is 3.71. The van der Waals surface area contributed by atoms with Crippen LogP contribution in [0.4, 0.5) is 17.1 Å². The zero-order valence-corrected chi connectivity index (χ0v) is 12.5. The van der Waals surface area contributed by atoms with Crippen molar-refractivity contribution in [1.29, 1.82) is 0 Å². The predicted octanol–water partition coefficient (Wildman–Crippen LogP) is 1.71. The average Bonchev–Trinajstić information content (AvgIpc) is 2.70. The highest BCUT2D eigenvalue weighted by molar-refractivity contribution is 7.90. The lowest BCUT2D eigenvalue weighted by atomic mass is 10.2. The van der Waals surface area contributed by atoms with Gasteiger partial charge in [-0.25, -0.2) is 8.42 Å². The van der Waals surface area contributed by atoms with E-state index in [-0.39, 0.29) is 10.6 Å². The normalized spacial score (nSPS) is 11.6. The van der Waals surface area contributed by atoms with E-state index in [9.17, 15) is 8.42 Å². The van der Waals surface area contributed by atoms with E-state index in [1.807, 2.05) is 20.2 Å². The molecule has 0 radical (unpaired) electrons. The number of aryl methyl sites for hydroxylation is 2. The highest BCUT2D eigenvalue weighted by atomic mass is 32.2. The SMILES string of the molecule is CCc1nn(C)cc1Nc1cccc(S(C)(=O)=O)c1N. The van der Waals surface area contributed by atoms with E-state index in [2.05, 4.69) is 10.4 Å². The van der Waals surface area contributed by atoms with Gasteiger partial charge < -0.3 is 11.1 Å². The van der Waals surface area contributed by atoms with E-state index in [0.717, 1.165) is 24.1 Å². The molecule has 0 saturated heterocycles. The lowest BCUT2D eigenvalue weighted by molar-refractivity contribution is 0.602. The van der Waals surface area contributed by atoms with Gasteiger partial charge in [-0.3, -0.25) is 4.68 Å². The Bertz CT molecular complexity index is 735. The van der Waals surface area contributed by atoms with Crippen LogP contribution in [0.5, 0.6) is 0 Å². The predicted molar refractivity (Wildman–Crippen MR) is 79.8 cm³/mol. The summed E-state index contributed by atoms with van der Waals surface area (Å²) in [4.78, 5) is 0.129. The number of hydrogen-bond donors (Lipinski definition) is 2. The first-order chi connectivity index (χ1) is 9.32. The summed E-state index contributed by atoms with van der Waals surface area (Å²) >= 11 is 0. The van der Waals surface area contributed by atoms with Gasteiger partial charge in [0.2, 0.25) is 0 Å². The summed E-state index contributed by atoms with van der Waals surface area (Å²) in [6, 6.07) is 4.91. The van der Waals surface area contributed by atoms with Gasteiger partial charge in [-0.15, -0.1) is 0 Å². The maximum absolute atomic E-state index is 11.7. The molecule has 0 aliphatic rings. The smallest absolute Gasteiger partial charge is 0.177 e. The van der Waals surface area contributed by atoms with Crippen LogP contribution in [0.1, 0.15) is 12.6 Å². The second-order valence-electron chi connectivity index (χ2n) is 4.63. The van der Waals surface area contributed by atoms with Gasteiger partial charge in [0.25, 0.3) is 0 Å². The molecule has 0 bridgehead atoms. The Labute approximate surface area is 118 Å². The van der Waals surface area contributed by atoms with Crippen molar-refractivity contribution in [1.82, 2.24) is 9.78 Å². The number of nitrogens with zero attached hydrogens (tertiary/aromatic N) is 2. The van der Waals surface area contributed by atoms with E-state index in [1.165, 1.54) is 6.07 Å². The van der Waals surface area contributed by atoms with E-state index >= 15 is 0 Å². The van der Waals surface area contributed by atoms with E-state index in [1.54, 1.807) is 16.8 Å². The van der Waals surface area contributed by atoms with Gasteiger partial charge in [-0.2, -0.15) is 5.10 Å². The fourth-order valence-corrected chi connectivity index (χ4v) is 2.86. The second kappa shape index (κ2) is 5.16. The highest BCUT2D eigenvalue weighted by Crippen LogP contribution is 2.30. The number of nitrogens with two attached hydrogens (primary N) is 1. The average molecular weight is 294 g/mol. The van der Waals surface area contributed by atoms with Crippen LogP contribution in [0, 0.1) is 0 Å². The third kappa shape index (κ3) is 2.77. The van der Waals surface area contributed by atoms with Crippen LogP contribution in [0.15, 0.2) is 29.3 Å². The molecule has 2 rings (SSSR count). The fourth-order valence-electron chi connectivity index (χ4n) is 2.02. The molecule has 0 aliphatic carbocycles. The van der Waals surface area contributed by atoms with Gasteiger partial charge in [0, 0.05) is 19.5 Å². The van der Waals surface area contributed by atoms with Gasteiger partial charge >= 0.3 is 0 Å². The third-order valence-electron chi connectivity index (χ3n) is 2.98. The first-order valence-electron chi connectivity index (χ1n) is 6.21. The minimum Gasteiger partial charge on any atom is -0.396 e. The van der Waals surface area contributed by atoms with E-state index in [4.69, 9.17) is 5.73 Å². The summed E-state index contributed by atoms with van der Waals surface area (Å²) in [5, 5.41) is 7.47. The van der Waals surface area contributed by atoms with Gasteiger partial charge in [0.15, 0.2) is 9.84 Å². The summed E-state index contributed by atoms with van der Waals surface area (Å²) in [5.74, 6) is 0. The zero-order valence-electron chi connectivity index (χ0n) is 11.7. The van der Waals surface area contributed by atoms with Crippen LogP contribution < -0.4 is 11.1 Å². The molecule has 0 spiro atoms. The Morgan fingerprint density at radius 2 is 2.05 bits per heavy atom. The van der Waals surface area contributed by atoms with Crippen molar-refractivity contribution in [2.45, 2.75) is 18.2 Å². The van der Waals surface area contributed by atoms with Gasteiger partial charge in [0.05, 0.1) is 27.7 Å². The highest BCUT2D eigenvalue weighted by Gasteiger charge is 2.15. The minimum atomic E-state index is -3.34. The van der Waals surface area contributed by atoms with Crippen LogP contribution in [-0.2, 0) is 23.3 Å². The number of hydrogen-bond acceptors (Lipinski definition) is 5. The maximum Gasteiger partial charge on any atom is 0.177 e. The Morgan fingerprint density at radius 1 is 1.35 bits per heavy atom. The summed E-state index contributed by atoms with van der Waals surface area (Å²) < 4.78 is 25.0. The Balaban J connectivity index is 2.44. The molecule has 1 heterocycles. The molecule has 1 aromatic carbocycles. The summed E-state index contributed by atoms with van der Waals surface area (Å²) in [5.41, 5.74) is 8.46. The second-order valence-corrected chi connectivity index (χ2v) is 6.62. The number of aromatic nitrogens is 2. The number of nitrogen functional groups attached to an aromatic ring is 1. The van der Waals surface area contributed by atoms with Crippen LogP contribution in [-0.4, -0.2) is 24.5 Å². The van der Waals surface area contributed by atoms with Crippen molar-refractivity contribution in [3.05, 3.63) is 30.1 Å². The molecule has 0 aliphatic heterocycles. The standard InChI is InChI=1S/C13H18N4O2S/c1-4-9-11(8-17(2)16-9)15-10-6-5-7-12(13(10)14)20(3,18)19/h5-8,15H,4,14H2,1-3H3. The first kappa shape index (κ1) is 14.4. The van der Waals surface area contributed by atoms with Gasteiger partial charge in [-0.1, -0.05) is 13.0 Å². The molecule has 0 saturated carbocycles. The molecule has 6 nitrogen and oxygen atoms in total. The molecule has 0 fully saturated rings.